The van der Waals surface area contributed by atoms with E-state index in [1.807, 2.05) is 12.1 Å². The van der Waals surface area contributed by atoms with Gasteiger partial charge >= 0.3 is 6.03 Å². The van der Waals surface area contributed by atoms with Crippen LogP contribution in [0.2, 0.25) is 0 Å². The molecule has 2 amide bonds. The second-order valence-corrected chi connectivity index (χ2v) is 6.19. The van der Waals surface area contributed by atoms with Gasteiger partial charge in [-0.3, -0.25) is 0 Å². The van der Waals surface area contributed by atoms with Crippen molar-refractivity contribution in [3.8, 4) is 5.88 Å². The molecule has 126 valence electrons. The minimum absolute atomic E-state index is 0.153. The molecule has 6 heteroatoms. The average Bonchev–Trinajstić information content (AvgIpc) is 3.25. The minimum Gasteiger partial charge on any atom is -0.474 e. The molecule has 3 rings (SSSR count). The van der Waals surface area contributed by atoms with E-state index in [-0.39, 0.29) is 18.2 Å². The molecule has 0 aromatic carbocycles. The number of carbonyl (C=O) groups excluding carboxylic acids is 1. The molecule has 2 fully saturated rings. The molecule has 2 aliphatic rings. The molecule has 0 bridgehead atoms. The Kier molecular flexibility index (Phi) is 5.69. The van der Waals surface area contributed by atoms with Crippen molar-refractivity contribution in [3.63, 3.8) is 0 Å². The second-order valence-electron chi connectivity index (χ2n) is 6.19. The monoisotopic (exact) mass is 319 g/mol. The van der Waals surface area contributed by atoms with Crippen molar-refractivity contribution in [2.45, 2.75) is 57.3 Å². The van der Waals surface area contributed by atoms with E-state index in [9.17, 15) is 4.79 Å². The number of pyridine rings is 1. The van der Waals surface area contributed by atoms with Crippen LogP contribution >= 0.6 is 0 Å². The van der Waals surface area contributed by atoms with Crippen molar-refractivity contribution in [2.75, 3.05) is 13.2 Å². The molecule has 1 saturated heterocycles. The highest BCUT2D eigenvalue weighted by Crippen LogP contribution is 2.24. The van der Waals surface area contributed by atoms with E-state index < -0.39 is 0 Å². The normalized spacial score (nSPS) is 21.3. The lowest BCUT2D eigenvalue weighted by Gasteiger charge is -2.16. The standard InChI is InChI=1S/C17H25N3O3/c21-17(20-12-15-8-4-10-22-15)19-11-13-5-3-9-18-16(13)23-14-6-1-2-7-14/h3,5,9,14-15H,1-2,4,6-8,10-12H2,(H2,19,20,21)/t15-/m0/s1. The molecule has 1 atom stereocenters. The SMILES string of the molecule is O=C(NCc1cccnc1OC1CCCC1)NC[C@@H]1CCCO1. The maximum absolute atomic E-state index is 11.9. The van der Waals surface area contributed by atoms with Gasteiger partial charge in [0.25, 0.3) is 0 Å². The van der Waals surface area contributed by atoms with E-state index in [1.165, 1.54) is 12.8 Å². The summed E-state index contributed by atoms with van der Waals surface area (Å²) < 4.78 is 11.5. The Balaban J connectivity index is 1.46. The van der Waals surface area contributed by atoms with Crippen LogP contribution in [-0.2, 0) is 11.3 Å². The van der Waals surface area contributed by atoms with E-state index in [2.05, 4.69) is 15.6 Å². The van der Waals surface area contributed by atoms with Gasteiger partial charge in [0.1, 0.15) is 6.10 Å². The summed E-state index contributed by atoms with van der Waals surface area (Å²) in [5, 5.41) is 5.71. The number of nitrogens with zero attached hydrogens (tertiary/aromatic N) is 1. The topological polar surface area (TPSA) is 72.5 Å². The Morgan fingerprint density at radius 1 is 1.26 bits per heavy atom. The van der Waals surface area contributed by atoms with Crippen LogP contribution in [0.15, 0.2) is 18.3 Å². The lowest BCUT2D eigenvalue weighted by atomic mass is 10.2. The highest BCUT2D eigenvalue weighted by Gasteiger charge is 2.19. The maximum Gasteiger partial charge on any atom is 0.315 e. The summed E-state index contributed by atoms with van der Waals surface area (Å²) >= 11 is 0. The summed E-state index contributed by atoms with van der Waals surface area (Å²) in [6.45, 7) is 1.77. The third kappa shape index (κ3) is 4.82. The molecule has 1 saturated carbocycles. The third-order valence-electron chi connectivity index (χ3n) is 4.38. The van der Waals surface area contributed by atoms with E-state index in [4.69, 9.17) is 9.47 Å². The van der Waals surface area contributed by atoms with Gasteiger partial charge in [0.05, 0.1) is 6.10 Å². The van der Waals surface area contributed by atoms with Gasteiger partial charge in [-0.1, -0.05) is 6.07 Å². The third-order valence-corrected chi connectivity index (χ3v) is 4.38. The van der Waals surface area contributed by atoms with Crippen LogP contribution in [0.4, 0.5) is 4.79 Å². The largest absolute Gasteiger partial charge is 0.474 e. The number of urea groups is 1. The first-order chi connectivity index (χ1) is 11.3. The fourth-order valence-electron chi connectivity index (χ4n) is 3.08. The summed E-state index contributed by atoms with van der Waals surface area (Å²) in [5.74, 6) is 0.638. The molecule has 0 unspecified atom stereocenters. The second kappa shape index (κ2) is 8.15. The molecule has 1 aromatic heterocycles. The summed E-state index contributed by atoms with van der Waals surface area (Å²) in [7, 11) is 0. The van der Waals surface area contributed by atoms with Gasteiger partial charge in [0.2, 0.25) is 5.88 Å². The molecule has 6 nitrogen and oxygen atoms in total. The molecule has 23 heavy (non-hydrogen) atoms. The molecule has 0 spiro atoms. The lowest BCUT2D eigenvalue weighted by Crippen LogP contribution is -2.39. The zero-order valence-electron chi connectivity index (χ0n) is 13.4. The Bertz CT molecular complexity index is 512. The number of amides is 2. The number of hydrogen-bond donors (Lipinski definition) is 2. The zero-order chi connectivity index (χ0) is 15.9. The predicted octanol–water partition coefficient (Wildman–Crippen LogP) is 2.38. The molecular weight excluding hydrogens is 294 g/mol. The van der Waals surface area contributed by atoms with Gasteiger partial charge in [-0.25, -0.2) is 9.78 Å². The van der Waals surface area contributed by atoms with E-state index in [0.29, 0.717) is 19.0 Å². The summed E-state index contributed by atoms with van der Waals surface area (Å²) in [6.07, 6.45) is 8.85. The van der Waals surface area contributed by atoms with Crippen LogP contribution in [0.3, 0.4) is 0 Å². The van der Waals surface area contributed by atoms with Crippen LogP contribution in [0.5, 0.6) is 5.88 Å². The van der Waals surface area contributed by atoms with Crippen LogP contribution in [0.1, 0.15) is 44.1 Å². The summed E-state index contributed by atoms with van der Waals surface area (Å²) in [4.78, 5) is 16.2. The number of nitrogens with one attached hydrogen (secondary N) is 2. The lowest BCUT2D eigenvalue weighted by molar-refractivity contribution is 0.111. The van der Waals surface area contributed by atoms with E-state index >= 15 is 0 Å². The molecule has 1 aromatic rings. The quantitative estimate of drug-likeness (QED) is 0.844. The number of aromatic nitrogens is 1. The molecule has 0 radical (unpaired) electrons. The van der Waals surface area contributed by atoms with Crippen molar-refractivity contribution < 1.29 is 14.3 Å². The van der Waals surface area contributed by atoms with Crippen molar-refractivity contribution in [1.29, 1.82) is 0 Å². The van der Waals surface area contributed by atoms with Gasteiger partial charge in [0.15, 0.2) is 0 Å². The highest BCUT2D eigenvalue weighted by molar-refractivity contribution is 5.73. The first-order valence-electron chi connectivity index (χ1n) is 8.55. The van der Waals surface area contributed by atoms with Crippen molar-refractivity contribution >= 4 is 6.03 Å². The minimum atomic E-state index is -0.184. The predicted molar refractivity (Wildman–Crippen MR) is 86.3 cm³/mol. The van der Waals surface area contributed by atoms with Crippen molar-refractivity contribution in [1.82, 2.24) is 15.6 Å². The first kappa shape index (κ1) is 16.1. The molecular formula is C17H25N3O3. The highest BCUT2D eigenvalue weighted by atomic mass is 16.5. The van der Waals surface area contributed by atoms with E-state index in [0.717, 1.165) is 37.9 Å². The van der Waals surface area contributed by atoms with Crippen molar-refractivity contribution in [2.24, 2.45) is 0 Å². The fourth-order valence-corrected chi connectivity index (χ4v) is 3.08. The van der Waals surface area contributed by atoms with Gasteiger partial charge in [-0.15, -0.1) is 0 Å². The van der Waals surface area contributed by atoms with E-state index in [1.54, 1.807) is 6.20 Å². The molecule has 2 N–H and O–H groups in total. The Labute approximate surface area is 137 Å². The van der Waals surface area contributed by atoms with Crippen LogP contribution in [0, 0.1) is 0 Å². The average molecular weight is 319 g/mol. The number of hydrogen-bond acceptors (Lipinski definition) is 4. The first-order valence-corrected chi connectivity index (χ1v) is 8.55. The number of ether oxygens (including phenoxy) is 2. The maximum atomic E-state index is 11.9. The summed E-state index contributed by atoms with van der Waals surface area (Å²) in [5.41, 5.74) is 0.909. The van der Waals surface area contributed by atoms with Gasteiger partial charge in [-0.05, 0) is 44.6 Å². The number of rotatable bonds is 6. The fraction of sp³-hybridized carbons (Fsp3) is 0.647. The van der Waals surface area contributed by atoms with Crippen LogP contribution in [-0.4, -0.2) is 36.4 Å². The zero-order valence-corrected chi connectivity index (χ0v) is 13.4. The van der Waals surface area contributed by atoms with Gasteiger partial charge in [0, 0.05) is 31.5 Å². The summed E-state index contributed by atoms with van der Waals surface area (Å²) in [6, 6.07) is 3.62. The Morgan fingerprint density at radius 3 is 2.91 bits per heavy atom. The van der Waals surface area contributed by atoms with Crippen LogP contribution in [0.25, 0.3) is 0 Å². The number of carbonyl (C=O) groups is 1. The smallest absolute Gasteiger partial charge is 0.315 e. The molecule has 1 aliphatic heterocycles. The van der Waals surface area contributed by atoms with Gasteiger partial charge < -0.3 is 20.1 Å². The van der Waals surface area contributed by atoms with Gasteiger partial charge in [-0.2, -0.15) is 0 Å². The Hall–Kier alpha value is -1.82. The Morgan fingerprint density at radius 2 is 2.13 bits per heavy atom. The molecule has 2 heterocycles. The van der Waals surface area contributed by atoms with Crippen molar-refractivity contribution in [3.05, 3.63) is 23.9 Å². The van der Waals surface area contributed by atoms with Crippen LogP contribution < -0.4 is 15.4 Å². The molecule has 1 aliphatic carbocycles.